The number of nitrogens with zero attached hydrogens (tertiary/aromatic N) is 2. The molecule has 0 atom stereocenters. The minimum absolute atomic E-state index is 0.421. The van der Waals surface area contributed by atoms with E-state index in [1.165, 1.54) is 33.5 Å². The maximum atomic E-state index is 5.17. The number of benzene rings is 3. The second-order valence-corrected chi connectivity index (χ2v) is 9.16. The summed E-state index contributed by atoms with van der Waals surface area (Å²) in [6.45, 7) is 13.4. The summed E-state index contributed by atoms with van der Waals surface area (Å²) in [5.41, 5.74) is 9.81. The van der Waals surface area contributed by atoms with E-state index in [0.29, 0.717) is 11.8 Å². The van der Waals surface area contributed by atoms with Gasteiger partial charge in [-0.25, -0.2) is 4.98 Å². The Kier molecular flexibility index (Phi) is 5.82. The summed E-state index contributed by atoms with van der Waals surface area (Å²) in [6.07, 6.45) is 2.23. The normalized spacial score (nSPS) is 11.5. The van der Waals surface area contributed by atoms with E-state index in [4.69, 9.17) is 4.98 Å². The van der Waals surface area contributed by atoms with Crippen molar-refractivity contribution in [1.29, 1.82) is 0 Å². The number of para-hydroxylation sites is 1. The van der Waals surface area contributed by atoms with Crippen LogP contribution < -0.4 is 0 Å². The predicted octanol–water partition coefficient (Wildman–Crippen LogP) is 8.07. The maximum absolute atomic E-state index is 5.17. The highest BCUT2D eigenvalue weighted by molar-refractivity contribution is 5.70. The Labute approximate surface area is 186 Å². The van der Waals surface area contributed by atoms with Crippen LogP contribution in [0.2, 0.25) is 0 Å². The topological polar surface area (TPSA) is 17.8 Å². The largest absolute Gasteiger partial charge is 0.299 e. The average Bonchev–Trinajstić information content (AvgIpc) is 3.18. The molecule has 4 rings (SSSR count). The van der Waals surface area contributed by atoms with Crippen molar-refractivity contribution in [1.82, 2.24) is 9.55 Å². The van der Waals surface area contributed by atoms with E-state index in [1.807, 2.05) is 0 Å². The molecular weight excluding hydrogens is 376 g/mol. The van der Waals surface area contributed by atoms with E-state index in [1.54, 1.807) is 0 Å². The third-order valence-corrected chi connectivity index (χ3v) is 5.84. The van der Waals surface area contributed by atoms with Crippen LogP contribution in [0.4, 0.5) is 0 Å². The minimum atomic E-state index is 0.421. The van der Waals surface area contributed by atoms with Gasteiger partial charge in [0.05, 0.1) is 11.4 Å². The van der Waals surface area contributed by atoms with Crippen LogP contribution in [-0.2, 0) is 0 Å². The van der Waals surface area contributed by atoms with Crippen molar-refractivity contribution in [2.45, 2.75) is 53.4 Å². The molecule has 0 aliphatic carbocycles. The molecule has 2 heteroatoms. The van der Waals surface area contributed by atoms with E-state index in [2.05, 4.69) is 119 Å². The van der Waals surface area contributed by atoms with Gasteiger partial charge >= 0.3 is 0 Å². The molecule has 0 bridgehead atoms. The van der Waals surface area contributed by atoms with Crippen LogP contribution in [0.25, 0.3) is 28.3 Å². The number of imidazole rings is 1. The fourth-order valence-corrected chi connectivity index (χ4v) is 4.39. The van der Waals surface area contributed by atoms with Crippen molar-refractivity contribution in [3.63, 3.8) is 0 Å². The maximum Gasteiger partial charge on any atom is 0.145 e. The van der Waals surface area contributed by atoms with Gasteiger partial charge < -0.3 is 0 Å². The van der Waals surface area contributed by atoms with Crippen LogP contribution in [-0.4, -0.2) is 9.55 Å². The SMILES string of the molecule is Cc1cc(C)cc(-c2cn(-c3c(C(C)C)cccc3C(C)C)c(-c3ccccc3)n2)c1. The number of hydrogen-bond acceptors (Lipinski definition) is 1. The first kappa shape index (κ1) is 21.1. The fraction of sp³-hybridized carbons (Fsp3) is 0.276. The van der Waals surface area contributed by atoms with Gasteiger partial charge in [0.15, 0.2) is 0 Å². The summed E-state index contributed by atoms with van der Waals surface area (Å²) in [5.74, 6) is 1.83. The predicted molar refractivity (Wildman–Crippen MR) is 132 cm³/mol. The molecule has 0 radical (unpaired) electrons. The van der Waals surface area contributed by atoms with Gasteiger partial charge in [-0.05, 0) is 48.9 Å². The van der Waals surface area contributed by atoms with Crippen molar-refractivity contribution in [3.05, 3.63) is 95.2 Å². The Morgan fingerprint density at radius 3 is 1.81 bits per heavy atom. The number of rotatable bonds is 5. The molecule has 4 aromatic rings. The molecule has 1 aromatic heterocycles. The molecule has 1 heterocycles. The van der Waals surface area contributed by atoms with Crippen LogP contribution in [0.15, 0.2) is 72.9 Å². The lowest BCUT2D eigenvalue weighted by atomic mass is 9.92. The minimum Gasteiger partial charge on any atom is -0.299 e. The molecule has 2 nitrogen and oxygen atoms in total. The first-order valence-electron chi connectivity index (χ1n) is 11.2. The van der Waals surface area contributed by atoms with Gasteiger partial charge in [0.25, 0.3) is 0 Å². The number of aromatic nitrogens is 2. The van der Waals surface area contributed by atoms with Crippen molar-refractivity contribution >= 4 is 0 Å². The molecule has 0 saturated heterocycles. The van der Waals surface area contributed by atoms with Gasteiger partial charge in [-0.3, -0.25) is 4.57 Å². The lowest BCUT2D eigenvalue weighted by molar-refractivity contribution is 0.807. The fourth-order valence-electron chi connectivity index (χ4n) is 4.39. The first-order valence-corrected chi connectivity index (χ1v) is 11.2. The molecule has 0 aliphatic rings. The molecule has 0 aliphatic heterocycles. The van der Waals surface area contributed by atoms with Gasteiger partial charge in [-0.15, -0.1) is 0 Å². The quantitative estimate of drug-likeness (QED) is 0.326. The van der Waals surface area contributed by atoms with E-state index in [0.717, 1.165) is 17.1 Å². The Morgan fingerprint density at radius 2 is 1.26 bits per heavy atom. The summed E-state index contributed by atoms with van der Waals surface area (Å²) < 4.78 is 2.33. The Hall–Kier alpha value is -3.13. The monoisotopic (exact) mass is 408 g/mol. The van der Waals surface area contributed by atoms with E-state index < -0.39 is 0 Å². The van der Waals surface area contributed by atoms with E-state index in [-0.39, 0.29) is 0 Å². The molecule has 158 valence electrons. The Bertz CT molecular complexity index is 1150. The van der Waals surface area contributed by atoms with Crippen LogP contribution in [0.3, 0.4) is 0 Å². The van der Waals surface area contributed by atoms with E-state index >= 15 is 0 Å². The van der Waals surface area contributed by atoms with E-state index in [9.17, 15) is 0 Å². The lowest BCUT2D eigenvalue weighted by Crippen LogP contribution is -2.07. The van der Waals surface area contributed by atoms with Gasteiger partial charge in [0.2, 0.25) is 0 Å². The second-order valence-electron chi connectivity index (χ2n) is 9.16. The van der Waals surface area contributed by atoms with Crippen LogP contribution in [0, 0.1) is 13.8 Å². The van der Waals surface area contributed by atoms with Crippen LogP contribution in [0.1, 0.15) is 61.8 Å². The molecule has 3 aromatic carbocycles. The third-order valence-electron chi connectivity index (χ3n) is 5.84. The molecule has 31 heavy (non-hydrogen) atoms. The smallest absolute Gasteiger partial charge is 0.145 e. The van der Waals surface area contributed by atoms with Crippen molar-refractivity contribution < 1.29 is 0 Å². The second kappa shape index (κ2) is 8.55. The highest BCUT2D eigenvalue weighted by Crippen LogP contribution is 2.36. The molecule has 0 spiro atoms. The zero-order valence-electron chi connectivity index (χ0n) is 19.5. The molecule has 0 fully saturated rings. The average molecular weight is 409 g/mol. The lowest BCUT2D eigenvalue weighted by Gasteiger charge is -2.21. The zero-order chi connectivity index (χ0) is 22.1. The Balaban J connectivity index is 2.04. The standard InChI is InChI=1S/C29H32N2/c1-19(2)25-13-10-14-26(20(3)4)28(25)31-18-27(24-16-21(5)15-22(6)17-24)30-29(31)23-11-8-7-9-12-23/h7-20H,1-6H3. The highest BCUT2D eigenvalue weighted by Gasteiger charge is 2.20. The van der Waals surface area contributed by atoms with Gasteiger partial charge in [-0.2, -0.15) is 0 Å². The third kappa shape index (κ3) is 4.20. The molecule has 0 amide bonds. The van der Waals surface area contributed by atoms with Crippen LogP contribution >= 0.6 is 0 Å². The highest BCUT2D eigenvalue weighted by atomic mass is 15.1. The molecule has 0 unspecified atom stereocenters. The van der Waals surface area contributed by atoms with Crippen molar-refractivity contribution in [2.75, 3.05) is 0 Å². The van der Waals surface area contributed by atoms with Gasteiger partial charge in [0.1, 0.15) is 5.82 Å². The van der Waals surface area contributed by atoms with Crippen LogP contribution in [0.5, 0.6) is 0 Å². The first-order chi connectivity index (χ1) is 14.8. The molecule has 0 saturated carbocycles. The summed E-state index contributed by atoms with van der Waals surface area (Å²) in [7, 11) is 0. The zero-order valence-corrected chi connectivity index (χ0v) is 19.5. The van der Waals surface area contributed by atoms with Gasteiger partial charge in [-0.1, -0.05) is 93.4 Å². The Morgan fingerprint density at radius 1 is 0.677 bits per heavy atom. The van der Waals surface area contributed by atoms with Crippen molar-refractivity contribution in [2.24, 2.45) is 0 Å². The summed E-state index contributed by atoms with van der Waals surface area (Å²) in [4.78, 5) is 5.17. The number of hydrogen-bond donors (Lipinski definition) is 0. The molecular formula is C29H32N2. The summed E-state index contributed by atoms with van der Waals surface area (Å²) in [6, 6.07) is 23.9. The van der Waals surface area contributed by atoms with Gasteiger partial charge in [0, 0.05) is 17.3 Å². The summed E-state index contributed by atoms with van der Waals surface area (Å²) >= 11 is 0. The summed E-state index contributed by atoms with van der Waals surface area (Å²) in [5, 5.41) is 0. The number of aryl methyl sites for hydroxylation is 2. The molecule has 0 N–H and O–H groups in total. The van der Waals surface area contributed by atoms with Crippen molar-refractivity contribution in [3.8, 4) is 28.3 Å².